The summed E-state index contributed by atoms with van der Waals surface area (Å²) < 4.78 is 5.35. The van der Waals surface area contributed by atoms with Crippen LogP contribution in [0.4, 0.5) is 0 Å². The van der Waals surface area contributed by atoms with E-state index in [1.807, 2.05) is 0 Å². The van der Waals surface area contributed by atoms with Crippen molar-refractivity contribution < 1.29 is 34.1 Å². The number of nitrogens with zero attached hydrogens (tertiary/aromatic N) is 1. The van der Waals surface area contributed by atoms with Crippen molar-refractivity contribution in [3.63, 3.8) is 0 Å². The van der Waals surface area contributed by atoms with Gasteiger partial charge in [0.15, 0.2) is 0 Å². The first kappa shape index (κ1) is 21.3. The van der Waals surface area contributed by atoms with Crippen LogP contribution in [0, 0.1) is 6.92 Å². The average molecular weight is 491 g/mol. The van der Waals surface area contributed by atoms with Crippen LogP contribution in [0.2, 0.25) is 0 Å². The van der Waals surface area contributed by atoms with Gasteiger partial charge in [0.05, 0.1) is 19.6 Å². The molecule has 0 saturated carbocycles. The van der Waals surface area contributed by atoms with E-state index in [1.165, 1.54) is 7.11 Å². The molecule has 1 atom stereocenters. The van der Waals surface area contributed by atoms with Crippen molar-refractivity contribution in [1.29, 1.82) is 0 Å². The third-order valence-corrected chi connectivity index (χ3v) is 2.55. The summed E-state index contributed by atoms with van der Waals surface area (Å²) in [5.41, 5.74) is 0.465. The van der Waals surface area contributed by atoms with Crippen LogP contribution in [-0.2, 0) is 29.0 Å². The molecule has 0 aromatic heterocycles. The van der Waals surface area contributed by atoms with Crippen molar-refractivity contribution in [1.82, 2.24) is 0 Å². The minimum atomic E-state index is -0.626. The number of aliphatic imine (C=N–C) groups is 1. The van der Waals surface area contributed by atoms with E-state index in [0.29, 0.717) is 5.56 Å². The van der Waals surface area contributed by atoms with Gasteiger partial charge in [0.2, 0.25) is 0 Å². The first-order chi connectivity index (χ1) is 8.02. The van der Waals surface area contributed by atoms with Gasteiger partial charge in [-0.25, -0.2) is 0 Å². The van der Waals surface area contributed by atoms with E-state index in [1.54, 1.807) is 24.3 Å². The van der Waals surface area contributed by atoms with Gasteiger partial charge in [0, 0.05) is 24.0 Å². The first-order valence-electron chi connectivity index (χ1n) is 4.93. The Morgan fingerprint density at radius 3 is 2.47 bits per heavy atom. The van der Waals surface area contributed by atoms with Gasteiger partial charge in [-0.05, 0) is 30.5 Å². The van der Waals surface area contributed by atoms with Crippen molar-refractivity contribution in [2.24, 2.45) is 4.99 Å². The molecule has 0 aliphatic rings. The second-order valence-corrected chi connectivity index (χ2v) is 4.29. The van der Waals surface area contributed by atoms with Gasteiger partial charge in [-0.15, -0.1) is 24.0 Å². The van der Waals surface area contributed by atoms with Crippen LogP contribution in [0.15, 0.2) is 33.7 Å². The predicted molar refractivity (Wildman–Crippen MR) is 81.9 cm³/mol. The molecule has 0 spiro atoms. The molecule has 1 rings (SSSR count). The van der Waals surface area contributed by atoms with Gasteiger partial charge in [0.1, 0.15) is 0 Å². The standard InChI is InChI=1S/C12H13BrNO3.HI.Zn/c1-8(7-11(15)17-2)14-12(16)9-3-5-10(13)6-4-9;;/h3-6,8H,1,7H2,2H3,(H,14,16);1H;/p-1/t8-;;/m1../s1. The molecule has 0 aliphatic heterocycles. The van der Waals surface area contributed by atoms with Crippen LogP contribution in [0.5, 0.6) is 0 Å². The van der Waals surface area contributed by atoms with E-state index < -0.39 is 12.0 Å². The molecule has 0 amide bonds. The van der Waals surface area contributed by atoms with Crippen LogP contribution in [0.1, 0.15) is 12.0 Å². The quantitative estimate of drug-likeness (QED) is 0.213. The molecule has 101 valence electrons. The molecular formula is C12H13BrINO3Zn-. The van der Waals surface area contributed by atoms with Crippen molar-refractivity contribution in [3.8, 4) is 0 Å². The van der Waals surface area contributed by atoms with Crippen molar-refractivity contribution >= 4 is 51.8 Å². The molecule has 0 saturated heterocycles. The second-order valence-electron chi connectivity index (χ2n) is 3.38. The fourth-order valence-electron chi connectivity index (χ4n) is 1.15. The third kappa shape index (κ3) is 7.99. The van der Waals surface area contributed by atoms with Gasteiger partial charge in [0.25, 0.3) is 0 Å². The zero-order valence-corrected chi connectivity index (χ0v) is 17.3. The number of methoxy groups -OCH3 is 1. The summed E-state index contributed by atoms with van der Waals surface area (Å²) in [6.45, 7) is 3.61. The van der Waals surface area contributed by atoms with E-state index in [-0.39, 0.29) is 55.8 Å². The summed E-state index contributed by atoms with van der Waals surface area (Å²) in [6.07, 6.45) is -0.00122. The Labute approximate surface area is 150 Å². The number of rotatable bonds is 4. The second kappa shape index (κ2) is 10.7. The maximum absolute atomic E-state index is 11.7. The normalized spacial score (nSPS) is 11.8. The monoisotopic (exact) mass is 489 g/mol. The smallest absolute Gasteiger partial charge is 0.307 e. The summed E-state index contributed by atoms with van der Waals surface area (Å²) >= 11 is 3.27. The molecule has 0 N–H and O–H groups in total. The van der Waals surface area contributed by atoms with Crippen LogP contribution in [0.25, 0.3) is 0 Å². The van der Waals surface area contributed by atoms with E-state index in [2.05, 4.69) is 32.6 Å². The van der Waals surface area contributed by atoms with Gasteiger partial charge in [-0.3, -0.25) is 9.79 Å². The molecule has 4 nitrogen and oxygen atoms in total. The number of hydrogen-bond acceptors (Lipinski definition) is 4. The van der Waals surface area contributed by atoms with Crippen LogP contribution < -0.4 is 5.11 Å². The van der Waals surface area contributed by atoms with Gasteiger partial charge < -0.3 is 9.84 Å². The van der Waals surface area contributed by atoms with Crippen LogP contribution in [0.3, 0.4) is 0 Å². The summed E-state index contributed by atoms with van der Waals surface area (Å²) in [4.78, 5) is 14.7. The van der Waals surface area contributed by atoms with Crippen molar-refractivity contribution in [2.45, 2.75) is 12.5 Å². The SMILES string of the molecule is I.[CH2][C@H](CC(=O)OC)N=C([O-])c1ccc(Br)cc1.[Zn]. The molecule has 1 aromatic rings. The van der Waals surface area contributed by atoms with E-state index in [0.717, 1.165) is 4.47 Å². The molecular weight excluding hydrogens is 478 g/mol. The van der Waals surface area contributed by atoms with Gasteiger partial charge >= 0.3 is 5.97 Å². The molecule has 0 bridgehead atoms. The summed E-state index contributed by atoms with van der Waals surface area (Å²) in [5, 5.41) is 11.7. The molecule has 0 aliphatic carbocycles. The Kier molecular flexibility index (Phi) is 12.0. The van der Waals surface area contributed by atoms with E-state index in [9.17, 15) is 9.90 Å². The minimum absolute atomic E-state index is 0. The third-order valence-electron chi connectivity index (χ3n) is 2.02. The molecule has 0 fully saturated rings. The number of esters is 1. The van der Waals surface area contributed by atoms with E-state index >= 15 is 0 Å². The Hall–Kier alpha value is -0.00662. The minimum Gasteiger partial charge on any atom is -0.858 e. The Bertz CT molecular complexity index is 425. The zero-order chi connectivity index (χ0) is 12.8. The fourth-order valence-corrected chi connectivity index (χ4v) is 1.42. The van der Waals surface area contributed by atoms with E-state index in [4.69, 9.17) is 0 Å². The first-order valence-corrected chi connectivity index (χ1v) is 5.73. The van der Waals surface area contributed by atoms with Crippen LogP contribution in [-0.4, -0.2) is 25.0 Å². The number of benzene rings is 1. The Morgan fingerprint density at radius 1 is 1.47 bits per heavy atom. The average Bonchev–Trinajstić information content (AvgIpc) is 2.29. The van der Waals surface area contributed by atoms with Crippen molar-refractivity contribution in [2.75, 3.05) is 7.11 Å². The topological polar surface area (TPSA) is 61.7 Å². The van der Waals surface area contributed by atoms with Gasteiger partial charge in [-0.2, -0.15) is 0 Å². The molecule has 1 radical (unpaired) electrons. The number of carbonyl (C=O) groups is 1. The van der Waals surface area contributed by atoms with Crippen molar-refractivity contribution in [3.05, 3.63) is 41.2 Å². The predicted octanol–water partition coefficient (Wildman–Crippen LogP) is 1.94. The van der Waals surface area contributed by atoms with Crippen LogP contribution >= 0.6 is 39.9 Å². The molecule has 7 heteroatoms. The fraction of sp³-hybridized carbons (Fsp3) is 0.250. The zero-order valence-electron chi connectivity index (χ0n) is 10.5. The number of carbonyl (C=O) groups excluding carboxylic acids is 1. The molecule has 0 heterocycles. The maximum atomic E-state index is 11.7. The summed E-state index contributed by atoms with van der Waals surface area (Å²) in [6, 6.07) is 6.18. The Morgan fingerprint density at radius 2 is 2.00 bits per heavy atom. The van der Waals surface area contributed by atoms with Gasteiger partial charge in [-0.1, -0.05) is 28.1 Å². The molecule has 0 unspecified atom stereocenters. The number of halogens is 2. The number of hydrogen-bond donors (Lipinski definition) is 0. The maximum Gasteiger partial charge on any atom is 0.307 e. The summed E-state index contributed by atoms with van der Waals surface area (Å²) in [5.74, 6) is -0.821. The Balaban J connectivity index is 0. The number of ether oxygens (including phenoxy) is 1. The molecule has 19 heavy (non-hydrogen) atoms. The largest absolute Gasteiger partial charge is 0.858 e. The summed E-state index contributed by atoms with van der Waals surface area (Å²) in [7, 11) is 1.28. The molecule has 1 aromatic carbocycles.